The minimum atomic E-state index is -0.746. The van der Waals surface area contributed by atoms with Gasteiger partial charge in [0.05, 0.1) is 5.92 Å². The minimum absolute atomic E-state index is 0.00767. The molecule has 0 aromatic heterocycles. The Kier molecular flexibility index (Phi) is 4.19. The molecule has 1 unspecified atom stereocenters. The molecule has 3 atom stereocenters. The maximum absolute atomic E-state index is 12.5. The van der Waals surface area contributed by atoms with E-state index >= 15 is 0 Å². The first-order valence-electron chi connectivity index (χ1n) is 7.37. The molecule has 1 heterocycles. The predicted octanol–water partition coefficient (Wildman–Crippen LogP) is 2.39. The molecule has 3 rings (SSSR count). The maximum Gasteiger partial charge on any atom is 0.306 e. The lowest BCUT2D eigenvalue weighted by atomic mass is 10.0. The summed E-state index contributed by atoms with van der Waals surface area (Å²) in [6.45, 7) is 0. The Morgan fingerprint density at radius 2 is 2.05 bits per heavy atom. The molecule has 0 spiro atoms. The van der Waals surface area contributed by atoms with Crippen LogP contribution in [-0.4, -0.2) is 28.8 Å². The number of carbonyl (C=O) groups is 2. The van der Waals surface area contributed by atoms with Gasteiger partial charge in [-0.1, -0.05) is 24.3 Å². The maximum atomic E-state index is 12.5. The number of thioether (sulfide) groups is 1. The molecule has 2 aliphatic rings. The number of nitrogens with one attached hydrogen (secondary N) is 1. The Labute approximate surface area is 128 Å². The summed E-state index contributed by atoms with van der Waals surface area (Å²) in [5.74, 6) is -0.0636. The van der Waals surface area contributed by atoms with Crippen LogP contribution >= 0.6 is 11.8 Å². The molecule has 1 amide bonds. The van der Waals surface area contributed by atoms with Gasteiger partial charge in [0, 0.05) is 6.04 Å². The highest BCUT2D eigenvalue weighted by molar-refractivity contribution is 8.00. The summed E-state index contributed by atoms with van der Waals surface area (Å²) in [7, 11) is 0. The monoisotopic (exact) mass is 305 g/mol. The third-order valence-electron chi connectivity index (χ3n) is 4.36. The second kappa shape index (κ2) is 6.10. The summed E-state index contributed by atoms with van der Waals surface area (Å²) in [5, 5.41) is 11.9. The van der Waals surface area contributed by atoms with E-state index in [1.165, 1.54) is 5.56 Å². The van der Waals surface area contributed by atoms with E-state index < -0.39 is 5.97 Å². The summed E-state index contributed by atoms with van der Waals surface area (Å²) in [6, 6.07) is 8.11. The molecule has 0 saturated heterocycles. The standard InChI is InChI=1S/C16H19NO3S/c18-15(17-12-6-5-11(9-12)16(19)20)14-13-4-2-1-3-10(13)7-8-21-14/h1-4,11-12,14H,5-9H2,(H,17,18)(H,19,20)/t11-,12+,14?/m0/s1. The summed E-state index contributed by atoms with van der Waals surface area (Å²) < 4.78 is 0. The van der Waals surface area contributed by atoms with Crippen LogP contribution in [0.1, 0.15) is 35.6 Å². The molecule has 0 bridgehead atoms. The number of benzene rings is 1. The smallest absolute Gasteiger partial charge is 0.306 e. The number of carboxylic acid groups (broad SMARTS) is 1. The number of rotatable bonds is 3. The molecule has 1 aliphatic heterocycles. The van der Waals surface area contributed by atoms with E-state index in [1.54, 1.807) is 11.8 Å². The number of hydrogen-bond acceptors (Lipinski definition) is 3. The van der Waals surface area contributed by atoms with Crippen LogP contribution in [0.3, 0.4) is 0 Å². The highest BCUT2D eigenvalue weighted by Crippen LogP contribution is 2.37. The van der Waals surface area contributed by atoms with Gasteiger partial charge in [0.1, 0.15) is 5.25 Å². The first-order valence-corrected chi connectivity index (χ1v) is 8.42. The predicted molar refractivity (Wildman–Crippen MR) is 82.3 cm³/mol. The van der Waals surface area contributed by atoms with Gasteiger partial charge in [-0.25, -0.2) is 0 Å². The Hall–Kier alpha value is -1.49. The zero-order valence-corrected chi connectivity index (χ0v) is 12.6. The summed E-state index contributed by atoms with van der Waals surface area (Å²) in [6.07, 6.45) is 2.99. The van der Waals surface area contributed by atoms with Gasteiger partial charge in [-0.15, -0.1) is 11.8 Å². The number of carboxylic acids is 1. The lowest BCUT2D eigenvalue weighted by Gasteiger charge is -2.25. The summed E-state index contributed by atoms with van der Waals surface area (Å²) >= 11 is 1.68. The van der Waals surface area contributed by atoms with Gasteiger partial charge in [-0.05, 0) is 42.6 Å². The van der Waals surface area contributed by atoms with Crippen molar-refractivity contribution in [3.05, 3.63) is 35.4 Å². The lowest BCUT2D eigenvalue weighted by Crippen LogP contribution is -2.37. The normalized spacial score (nSPS) is 27.9. The number of aryl methyl sites for hydroxylation is 1. The van der Waals surface area contributed by atoms with Crippen molar-refractivity contribution in [1.29, 1.82) is 0 Å². The van der Waals surface area contributed by atoms with E-state index in [2.05, 4.69) is 11.4 Å². The van der Waals surface area contributed by atoms with Crippen molar-refractivity contribution in [2.24, 2.45) is 5.92 Å². The van der Waals surface area contributed by atoms with Crippen LogP contribution in [0.4, 0.5) is 0 Å². The zero-order chi connectivity index (χ0) is 14.8. The van der Waals surface area contributed by atoms with Gasteiger partial charge in [0.15, 0.2) is 0 Å². The first-order chi connectivity index (χ1) is 10.1. The van der Waals surface area contributed by atoms with Crippen molar-refractivity contribution in [2.75, 3.05) is 5.75 Å². The summed E-state index contributed by atoms with van der Waals surface area (Å²) in [4.78, 5) is 23.5. The molecule has 2 N–H and O–H groups in total. The van der Waals surface area contributed by atoms with E-state index in [-0.39, 0.29) is 23.1 Å². The number of hydrogen-bond donors (Lipinski definition) is 2. The van der Waals surface area contributed by atoms with Crippen molar-refractivity contribution in [2.45, 2.75) is 37.0 Å². The fraction of sp³-hybridized carbons (Fsp3) is 0.500. The average Bonchev–Trinajstić information content (AvgIpc) is 2.95. The summed E-state index contributed by atoms with van der Waals surface area (Å²) in [5.41, 5.74) is 2.37. The molecule has 1 fully saturated rings. The van der Waals surface area contributed by atoms with E-state index in [1.807, 2.05) is 18.2 Å². The SMILES string of the molecule is O=C(N[C@@H]1CC[C@H](C(=O)O)C1)C1SCCc2ccccc21. The van der Waals surface area contributed by atoms with E-state index in [0.29, 0.717) is 12.8 Å². The molecule has 1 aromatic carbocycles. The first kappa shape index (κ1) is 14.4. The molecule has 1 aromatic rings. The number of amides is 1. The van der Waals surface area contributed by atoms with Crippen molar-refractivity contribution >= 4 is 23.6 Å². The second-order valence-electron chi connectivity index (χ2n) is 5.75. The molecule has 0 radical (unpaired) electrons. The molecule has 21 heavy (non-hydrogen) atoms. The van der Waals surface area contributed by atoms with Gasteiger partial charge in [-0.3, -0.25) is 9.59 Å². The number of aliphatic carboxylic acids is 1. The minimum Gasteiger partial charge on any atom is -0.481 e. The van der Waals surface area contributed by atoms with E-state index in [0.717, 1.165) is 24.2 Å². The Balaban J connectivity index is 1.66. The molecule has 5 heteroatoms. The number of fused-ring (bicyclic) bond motifs is 1. The molecule has 112 valence electrons. The van der Waals surface area contributed by atoms with Crippen molar-refractivity contribution in [3.63, 3.8) is 0 Å². The fourth-order valence-corrected chi connectivity index (χ4v) is 4.43. The second-order valence-corrected chi connectivity index (χ2v) is 6.97. The Morgan fingerprint density at radius 1 is 1.24 bits per heavy atom. The van der Waals surface area contributed by atoms with Gasteiger partial charge < -0.3 is 10.4 Å². The van der Waals surface area contributed by atoms with Crippen molar-refractivity contribution < 1.29 is 14.7 Å². The molecular weight excluding hydrogens is 286 g/mol. The van der Waals surface area contributed by atoms with Crippen LogP contribution in [0.5, 0.6) is 0 Å². The highest BCUT2D eigenvalue weighted by Gasteiger charge is 2.33. The zero-order valence-electron chi connectivity index (χ0n) is 11.7. The molecule has 4 nitrogen and oxygen atoms in total. The van der Waals surface area contributed by atoms with Gasteiger partial charge in [0.25, 0.3) is 0 Å². The largest absolute Gasteiger partial charge is 0.481 e. The van der Waals surface area contributed by atoms with E-state index in [4.69, 9.17) is 5.11 Å². The highest BCUT2D eigenvalue weighted by atomic mass is 32.2. The van der Waals surface area contributed by atoms with Crippen LogP contribution < -0.4 is 5.32 Å². The number of carbonyl (C=O) groups excluding carboxylic acids is 1. The van der Waals surface area contributed by atoms with Crippen molar-refractivity contribution in [3.8, 4) is 0 Å². The van der Waals surface area contributed by atoms with Gasteiger partial charge >= 0.3 is 5.97 Å². The fourth-order valence-electron chi connectivity index (χ4n) is 3.22. The van der Waals surface area contributed by atoms with Gasteiger partial charge in [-0.2, -0.15) is 0 Å². The quantitative estimate of drug-likeness (QED) is 0.900. The molecule has 1 saturated carbocycles. The topological polar surface area (TPSA) is 66.4 Å². The average molecular weight is 305 g/mol. The van der Waals surface area contributed by atoms with E-state index in [9.17, 15) is 9.59 Å². The van der Waals surface area contributed by atoms with Crippen molar-refractivity contribution in [1.82, 2.24) is 5.32 Å². The third kappa shape index (κ3) is 3.07. The van der Waals surface area contributed by atoms with Crippen LogP contribution in [0.2, 0.25) is 0 Å². The van der Waals surface area contributed by atoms with Crippen LogP contribution in [0, 0.1) is 5.92 Å². The lowest BCUT2D eigenvalue weighted by molar-refractivity contribution is -0.141. The van der Waals surface area contributed by atoms with Crippen LogP contribution in [0.15, 0.2) is 24.3 Å². The Morgan fingerprint density at radius 3 is 2.81 bits per heavy atom. The molecular formula is C16H19NO3S. The van der Waals surface area contributed by atoms with Crippen LogP contribution in [-0.2, 0) is 16.0 Å². The Bertz CT molecular complexity index is 560. The third-order valence-corrected chi connectivity index (χ3v) is 5.60. The molecule has 1 aliphatic carbocycles. The van der Waals surface area contributed by atoms with Crippen LogP contribution in [0.25, 0.3) is 0 Å². The van der Waals surface area contributed by atoms with Gasteiger partial charge in [0.2, 0.25) is 5.91 Å².